The van der Waals surface area contributed by atoms with E-state index < -0.39 is 0 Å². The summed E-state index contributed by atoms with van der Waals surface area (Å²) < 4.78 is 0. The van der Waals surface area contributed by atoms with Crippen molar-refractivity contribution >= 4 is 28.9 Å². The maximum Gasteiger partial charge on any atom is 0.244 e. The highest BCUT2D eigenvalue weighted by Crippen LogP contribution is 2.37. The molecule has 1 aliphatic heterocycles. The molecule has 6 nitrogen and oxygen atoms in total. The van der Waals surface area contributed by atoms with E-state index >= 15 is 0 Å². The monoisotopic (exact) mass is 391 g/mol. The number of aromatic nitrogens is 2. The van der Waals surface area contributed by atoms with Gasteiger partial charge in [-0.3, -0.25) is 9.78 Å². The van der Waals surface area contributed by atoms with Crippen molar-refractivity contribution in [2.45, 2.75) is 19.0 Å². The average molecular weight is 392 g/mol. The van der Waals surface area contributed by atoms with Gasteiger partial charge in [0.2, 0.25) is 5.91 Å². The first kappa shape index (κ1) is 18.2. The Balaban J connectivity index is 1.61. The van der Waals surface area contributed by atoms with Gasteiger partial charge in [-0.1, -0.05) is 24.3 Å². The molecule has 142 valence electrons. The van der Waals surface area contributed by atoms with Gasteiger partial charge in [0.15, 0.2) is 5.11 Å². The van der Waals surface area contributed by atoms with Crippen molar-refractivity contribution in [2.24, 2.45) is 0 Å². The number of nitrogens with one attached hydrogen (secondary N) is 3. The molecule has 1 amide bonds. The summed E-state index contributed by atoms with van der Waals surface area (Å²) >= 11 is 5.58. The van der Waals surface area contributed by atoms with Crippen molar-refractivity contribution in [3.8, 4) is 0 Å². The van der Waals surface area contributed by atoms with E-state index in [0.29, 0.717) is 5.11 Å². The van der Waals surface area contributed by atoms with Crippen LogP contribution in [0.3, 0.4) is 0 Å². The number of aryl methyl sites for hydroxylation is 1. The first-order valence-electron chi connectivity index (χ1n) is 9.10. The minimum atomic E-state index is -0.155. The Morgan fingerprint density at radius 1 is 1.14 bits per heavy atom. The highest BCUT2D eigenvalue weighted by molar-refractivity contribution is 7.80. The minimum absolute atomic E-state index is 0.120. The van der Waals surface area contributed by atoms with Crippen molar-refractivity contribution in [1.82, 2.24) is 20.2 Å². The van der Waals surface area contributed by atoms with E-state index in [1.807, 2.05) is 72.5 Å². The smallest absolute Gasteiger partial charge is 0.244 e. The van der Waals surface area contributed by atoms with E-state index in [1.54, 1.807) is 6.20 Å². The molecule has 0 spiro atoms. The highest BCUT2D eigenvalue weighted by atomic mass is 32.1. The van der Waals surface area contributed by atoms with Gasteiger partial charge in [-0.15, -0.1) is 0 Å². The summed E-state index contributed by atoms with van der Waals surface area (Å²) in [6.07, 6.45) is 1.77. The fraction of sp³-hybridized carbons (Fsp3) is 0.190. The zero-order valence-electron chi connectivity index (χ0n) is 15.4. The summed E-state index contributed by atoms with van der Waals surface area (Å²) in [7, 11) is 0. The summed E-state index contributed by atoms with van der Waals surface area (Å²) in [5.41, 5.74) is 3.70. The first-order chi connectivity index (χ1) is 13.6. The molecule has 0 aliphatic carbocycles. The lowest BCUT2D eigenvalue weighted by atomic mass is 10.0. The van der Waals surface area contributed by atoms with Crippen LogP contribution in [0.1, 0.15) is 29.2 Å². The van der Waals surface area contributed by atoms with Crippen LogP contribution in [0.15, 0.2) is 66.9 Å². The van der Waals surface area contributed by atoms with Gasteiger partial charge in [-0.05, 0) is 55.5 Å². The van der Waals surface area contributed by atoms with Gasteiger partial charge in [0.25, 0.3) is 0 Å². The van der Waals surface area contributed by atoms with Gasteiger partial charge >= 0.3 is 0 Å². The third-order valence-corrected chi connectivity index (χ3v) is 5.09. The number of aromatic amines is 1. The number of para-hydroxylation sites is 1. The van der Waals surface area contributed by atoms with E-state index in [1.165, 1.54) is 0 Å². The molecule has 2 atom stereocenters. The van der Waals surface area contributed by atoms with Crippen molar-refractivity contribution in [2.75, 3.05) is 11.9 Å². The molecule has 3 heterocycles. The minimum Gasteiger partial charge on any atom is -0.361 e. The van der Waals surface area contributed by atoms with Gasteiger partial charge in [0.1, 0.15) is 6.54 Å². The highest BCUT2D eigenvalue weighted by Gasteiger charge is 2.41. The predicted molar refractivity (Wildman–Crippen MR) is 113 cm³/mol. The summed E-state index contributed by atoms with van der Waals surface area (Å²) in [6.45, 7) is 2.15. The Hall–Kier alpha value is -3.19. The maximum atomic E-state index is 12.7. The molecule has 0 unspecified atom stereocenters. The van der Waals surface area contributed by atoms with E-state index in [2.05, 4.69) is 20.6 Å². The summed E-state index contributed by atoms with van der Waals surface area (Å²) in [5.74, 6) is -0.120. The predicted octanol–water partition coefficient (Wildman–Crippen LogP) is 3.33. The number of nitrogens with zero attached hydrogens (tertiary/aromatic N) is 2. The van der Waals surface area contributed by atoms with Gasteiger partial charge < -0.3 is 20.5 Å². The second-order valence-corrected chi connectivity index (χ2v) is 7.15. The lowest BCUT2D eigenvalue weighted by Gasteiger charge is -2.26. The van der Waals surface area contributed by atoms with Crippen LogP contribution in [-0.2, 0) is 4.79 Å². The maximum absolute atomic E-state index is 12.7. The molecular weight excluding hydrogens is 370 g/mol. The molecule has 1 saturated heterocycles. The fourth-order valence-electron chi connectivity index (χ4n) is 3.49. The standard InChI is InChI=1S/C21H21N5OS/c1-14-10-11-17(23-14)20-19(16-9-5-6-12-22-16)25-21(28)26(20)13-18(27)24-15-7-3-2-4-8-15/h2-12,19-20,23H,13H2,1H3,(H,24,27)(H,25,28)/t19-,20+/m0/s1. The van der Waals surface area contributed by atoms with Crippen LogP contribution in [0, 0.1) is 6.92 Å². The molecule has 4 rings (SSSR count). The zero-order chi connectivity index (χ0) is 19.5. The molecule has 1 aliphatic rings. The molecule has 1 fully saturated rings. The molecule has 3 N–H and O–H groups in total. The quantitative estimate of drug-likeness (QED) is 0.582. The summed E-state index contributed by atoms with van der Waals surface area (Å²) in [4.78, 5) is 22.5. The van der Waals surface area contributed by atoms with Gasteiger partial charge in [-0.25, -0.2) is 0 Å². The van der Waals surface area contributed by atoms with Crippen LogP contribution in [0.25, 0.3) is 0 Å². The third kappa shape index (κ3) is 3.75. The normalized spacial score (nSPS) is 18.8. The molecule has 3 aromatic rings. The number of amides is 1. The summed E-state index contributed by atoms with van der Waals surface area (Å²) in [5, 5.41) is 6.81. The Morgan fingerprint density at radius 2 is 1.93 bits per heavy atom. The van der Waals surface area contributed by atoms with Gasteiger partial charge in [0.05, 0.1) is 17.8 Å². The Bertz CT molecular complexity index is 973. The third-order valence-electron chi connectivity index (χ3n) is 4.74. The molecule has 28 heavy (non-hydrogen) atoms. The number of anilines is 1. The number of benzene rings is 1. The average Bonchev–Trinajstić information content (AvgIpc) is 3.26. The second-order valence-electron chi connectivity index (χ2n) is 6.77. The van der Waals surface area contributed by atoms with Crippen molar-refractivity contribution < 1.29 is 4.79 Å². The number of rotatable bonds is 5. The number of hydrogen-bond acceptors (Lipinski definition) is 3. The lowest BCUT2D eigenvalue weighted by Crippen LogP contribution is -2.37. The molecular formula is C21H21N5OS. The van der Waals surface area contributed by atoms with Crippen molar-refractivity contribution in [3.63, 3.8) is 0 Å². The van der Waals surface area contributed by atoms with Crippen LogP contribution in [0.4, 0.5) is 5.69 Å². The van der Waals surface area contributed by atoms with Crippen LogP contribution in [-0.4, -0.2) is 32.4 Å². The lowest BCUT2D eigenvalue weighted by molar-refractivity contribution is -0.116. The number of H-pyrrole nitrogens is 1. The SMILES string of the molecule is Cc1ccc([C@@H]2[C@H](c3ccccn3)NC(=S)N2CC(=O)Nc2ccccc2)[nH]1. The van der Waals surface area contributed by atoms with Crippen molar-refractivity contribution in [1.29, 1.82) is 0 Å². The van der Waals surface area contributed by atoms with Crippen LogP contribution in [0.5, 0.6) is 0 Å². The topological polar surface area (TPSA) is 73.1 Å². The Morgan fingerprint density at radius 3 is 2.61 bits per heavy atom. The fourth-order valence-corrected chi connectivity index (χ4v) is 3.79. The van der Waals surface area contributed by atoms with Gasteiger partial charge in [0, 0.05) is 23.3 Å². The number of pyridine rings is 1. The van der Waals surface area contributed by atoms with E-state index in [9.17, 15) is 4.79 Å². The molecule has 0 saturated carbocycles. The Kier molecular flexibility index (Phi) is 5.08. The molecule has 7 heteroatoms. The van der Waals surface area contributed by atoms with Crippen LogP contribution >= 0.6 is 12.2 Å². The number of carbonyl (C=O) groups is 1. The van der Waals surface area contributed by atoms with Crippen LogP contribution in [0.2, 0.25) is 0 Å². The van der Waals surface area contributed by atoms with E-state index in [-0.39, 0.29) is 24.5 Å². The Labute approximate surface area is 169 Å². The molecule has 2 aromatic heterocycles. The van der Waals surface area contributed by atoms with Crippen LogP contribution < -0.4 is 10.6 Å². The largest absolute Gasteiger partial charge is 0.361 e. The van der Waals surface area contributed by atoms with E-state index in [4.69, 9.17) is 12.2 Å². The second kappa shape index (κ2) is 7.82. The van der Waals surface area contributed by atoms with Crippen molar-refractivity contribution in [3.05, 3.63) is 83.9 Å². The number of hydrogen-bond donors (Lipinski definition) is 3. The summed E-state index contributed by atoms with van der Waals surface area (Å²) in [6, 6.07) is 19.0. The molecule has 0 radical (unpaired) electrons. The number of thiocarbonyl (C=S) groups is 1. The molecule has 1 aromatic carbocycles. The first-order valence-corrected chi connectivity index (χ1v) is 9.51. The van der Waals surface area contributed by atoms with E-state index in [0.717, 1.165) is 22.8 Å². The van der Waals surface area contributed by atoms with Gasteiger partial charge in [-0.2, -0.15) is 0 Å². The molecule has 0 bridgehead atoms. The number of carbonyl (C=O) groups excluding carboxylic acids is 1. The zero-order valence-corrected chi connectivity index (χ0v) is 16.2.